The number of methoxy groups -OCH3 is 1. The fraction of sp³-hybridized carbons (Fsp3) is 0.189. The number of aliphatic hydroxyl groups is 1. The van der Waals surface area contributed by atoms with Crippen LogP contribution < -0.4 is 10.1 Å². The standard InChI is InChI=1S/C37H32ClN5O5/c1-46-28-19-17-27(18-20-28)37(25-13-7-3-8-14-25,26-15-9-4-10-16-26)47-21-29-30(38)32(44)36(48-29)43-23-41-31-33(39-22-40-34(31)43)42-35(45)24-11-5-2-6-12-24/h2-20,22-23,29-30,32,36,44H,21H2,1H3,(H,39,40,42,45)/t29-,30+,32-,36-/m1/s1. The van der Waals surface area contributed by atoms with Crippen molar-refractivity contribution in [3.8, 4) is 5.75 Å². The first-order valence-corrected chi connectivity index (χ1v) is 15.8. The van der Waals surface area contributed by atoms with Gasteiger partial charge in [-0.1, -0.05) is 91.0 Å². The number of anilines is 1. The van der Waals surface area contributed by atoms with E-state index in [1.807, 2.05) is 91.0 Å². The molecule has 6 aromatic rings. The first-order chi connectivity index (χ1) is 23.5. The number of amides is 1. The third-order valence-corrected chi connectivity index (χ3v) is 9.05. The van der Waals surface area contributed by atoms with Crippen molar-refractivity contribution in [1.29, 1.82) is 0 Å². The molecule has 3 heterocycles. The van der Waals surface area contributed by atoms with Crippen LogP contribution >= 0.6 is 11.6 Å². The molecular weight excluding hydrogens is 630 g/mol. The van der Waals surface area contributed by atoms with Crippen molar-refractivity contribution in [2.24, 2.45) is 0 Å². The summed E-state index contributed by atoms with van der Waals surface area (Å²) >= 11 is 6.87. The number of alkyl halides is 1. The smallest absolute Gasteiger partial charge is 0.256 e. The van der Waals surface area contributed by atoms with Gasteiger partial charge in [0.2, 0.25) is 0 Å². The Morgan fingerprint density at radius 3 is 2.10 bits per heavy atom. The number of hydrogen-bond acceptors (Lipinski definition) is 8. The number of fused-ring (bicyclic) bond motifs is 1. The van der Waals surface area contributed by atoms with Gasteiger partial charge in [0.25, 0.3) is 5.91 Å². The number of hydrogen-bond donors (Lipinski definition) is 2. The Balaban J connectivity index is 1.19. The zero-order valence-corrected chi connectivity index (χ0v) is 26.6. The van der Waals surface area contributed by atoms with E-state index in [9.17, 15) is 9.90 Å². The highest BCUT2D eigenvalue weighted by Gasteiger charge is 2.47. The van der Waals surface area contributed by atoms with Crippen LogP contribution in [0.3, 0.4) is 0 Å². The molecule has 11 heteroatoms. The molecule has 0 spiro atoms. The quantitative estimate of drug-likeness (QED) is 0.136. The second-order valence-electron chi connectivity index (χ2n) is 11.3. The minimum absolute atomic E-state index is 0.0392. The topological polar surface area (TPSA) is 121 Å². The molecule has 0 saturated carbocycles. The summed E-state index contributed by atoms with van der Waals surface area (Å²) in [6, 6.07) is 36.5. The van der Waals surface area contributed by atoms with Gasteiger partial charge in [0.15, 0.2) is 23.2 Å². The third kappa shape index (κ3) is 5.80. The van der Waals surface area contributed by atoms with E-state index in [2.05, 4.69) is 20.3 Å². The molecule has 0 radical (unpaired) electrons. The average Bonchev–Trinajstić information content (AvgIpc) is 3.70. The summed E-state index contributed by atoms with van der Waals surface area (Å²) in [5.41, 5.74) is 2.83. The second-order valence-corrected chi connectivity index (χ2v) is 11.8. The van der Waals surface area contributed by atoms with E-state index in [1.54, 1.807) is 35.9 Å². The van der Waals surface area contributed by atoms with Crippen LogP contribution in [0.5, 0.6) is 5.75 Å². The van der Waals surface area contributed by atoms with Gasteiger partial charge in [-0.15, -0.1) is 11.6 Å². The summed E-state index contributed by atoms with van der Waals surface area (Å²) in [4.78, 5) is 25.9. The number of nitrogens with zero attached hydrogens (tertiary/aromatic N) is 4. The summed E-state index contributed by atoms with van der Waals surface area (Å²) < 4.78 is 20.4. The SMILES string of the molecule is COc1ccc(C(OC[C@H]2O[C@@H](n3cnc4c(NC(=O)c5ccccc5)ncnc43)[C@H](O)[C@H]2Cl)(c2ccccc2)c2ccccc2)cc1. The molecule has 0 bridgehead atoms. The average molecular weight is 662 g/mol. The van der Waals surface area contributed by atoms with E-state index in [-0.39, 0.29) is 18.3 Å². The highest BCUT2D eigenvalue weighted by atomic mass is 35.5. The first-order valence-electron chi connectivity index (χ1n) is 15.4. The largest absolute Gasteiger partial charge is 0.497 e. The van der Waals surface area contributed by atoms with Gasteiger partial charge >= 0.3 is 0 Å². The number of halogens is 1. The zero-order valence-electron chi connectivity index (χ0n) is 25.9. The molecule has 10 nitrogen and oxygen atoms in total. The molecular formula is C37H32ClN5O5. The van der Waals surface area contributed by atoms with Crippen LogP contribution in [0.4, 0.5) is 5.82 Å². The van der Waals surface area contributed by atoms with Gasteiger partial charge in [0.1, 0.15) is 29.9 Å². The fourth-order valence-corrected chi connectivity index (χ4v) is 6.36. The minimum Gasteiger partial charge on any atom is -0.497 e. The Morgan fingerprint density at radius 2 is 1.48 bits per heavy atom. The van der Waals surface area contributed by atoms with E-state index in [1.165, 1.54) is 12.7 Å². The van der Waals surface area contributed by atoms with Gasteiger partial charge in [0.05, 0.1) is 25.4 Å². The van der Waals surface area contributed by atoms with Crippen LogP contribution in [0, 0.1) is 0 Å². The third-order valence-electron chi connectivity index (χ3n) is 8.51. The number of nitrogens with one attached hydrogen (secondary N) is 1. The van der Waals surface area contributed by atoms with Gasteiger partial charge in [-0.2, -0.15) is 0 Å². The van der Waals surface area contributed by atoms with E-state index in [0.717, 1.165) is 22.4 Å². The molecule has 0 aliphatic carbocycles. The van der Waals surface area contributed by atoms with Crippen LogP contribution in [-0.2, 0) is 15.1 Å². The second kappa shape index (κ2) is 13.5. The Hall–Kier alpha value is -5.13. The van der Waals surface area contributed by atoms with Crippen molar-refractivity contribution in [1.82, 2.24) is 19.5 Å². The molecule has 1 fully saturated rings. The summed E-state index contributed by atoms with van der Waals surface area (Å²) in [5, 5.41) is 13.3. The van der Waals surface area contributed by atoms with Gasteiger partial charge in [-0.3, -0.25) is 9.36 Å². The maximum atomic E-state index is 12.8. The normalized spacial score (nSPS) is 19.3. The molecule has 1 aliphatic heterocycles. The van der Waals surface area contributed by atoms with Crippen molar-refractivity contribution < 1.29 is 24.1 Å². The molecule has 1 saturated heterocycles. The lowest BCUT2D eigenvalue weighted by Gasteiger charge is -2.37. The molecule has 7 rings (SSSR count). The van der Waals surface area contributed by atoms with E-state index >= 15 is 0 Å². The van der Waals surface area contributed by atoms with Crippen LogP contribution in [0.2, 0.25) is 0 Å². The molecule has 2 N–H and O–H groups in total. The fourth-order valence-electron chi connectivity index (χ4n) is 6.10. The van der Waals surface area contributed by atoms with Gasteiger partial charge in [-0.05, 0) is 41.0 Å². The van der Waals surface area contributed by atoms with Crippen molar-refractivity contribution in [3.05, 3.63) is 150 Å². The number of rotatable bonds is 10. The van der Waals surface area contributed by atoms with Crippen LogP contribution in [-0.4, -0.2) is 61.8 Å². The van der Waals surface area contributed by atoms with Crippen LogP contribution in [0.1, 0.15) is 33.3 Å². The highest BCUT2D eigenvalue weighted by Crippen LogP contribution is 2.43. The lowest BCUT2D eigenvalue weighted by Crippen LogP contribution is -2.38. The maximum absolute atomic E-state index is 12.8. The number of aliphatic hydroxyl groups excluding tert-OH is 1. The molecule has 4 atom stereocenters. The predicted octanol–water partition coefficient (Wildman–Crippen LogP) is 5.96. The first kappa shape index (κ1) is 31.5. The maximum Gasteiger partial charge on any atom is 0.256 e. The highest BCUT2D eigenvalue weighted by molar-refractivity contribution is 6.21. The molecule has 2 aromatic heterocycles. The van der Waals surface area contributed by atoms with Crippen LogP contribution in [0.15, 0.2) is 128 Å². The number of carbonyl (C=O) groups excluding carboxylic acids is 1. The lowest BCUT2D eigenvalue weighted by molar-refractivity contribution is -0.0849. The van der Waals surface area contributed by atoms with E-state index in [4.69, 9.17) is 25.8 Å². The summed E-state index contributed by atoms with van der Waals surface area (Å²) in [5.74, 6) is 0.619. The number of aromatic nitrogens is 4. The summed E-state index contributed by atoms with van der Waals surface area (Å²) in [6.45, 7) is 0.0392. The minimum atomic E-state index is -1.13. The molecule has 1 amide bonds. The van der Waals surface area contributed by atoms with Crippen molar-refractivity contribution in [2.45, 2.75) is 29.4 Å². The Bertz CT molecular complexity index is 1950. The number of ether oxygens (including phenoxy) is 3. The molecule has 0 unspecified atom stereocenters. The predicted molar refractivity (Wildman–Crippen MR) is 181 cm³/mol. The van der Waals surface area contributed by atoms with Gasteiger partial charge in [-0.25, -0.2) is 15.0 Å². The Labute approximate surface area is 281 Å². The molecule has 1 aliphatic rings. The number of imidazole rings is 1. The summed E-state index contributed by atoms with van der Waals surface area (Å²) in [6.07, 6.45) is 0.0486. The molecule has 242 valence electrons. The van der Waals surface area contributed by atoms with Crippen molar-refractivity contribution >= 4 is 34.5 Å². The van der Waals surface area contributed by atoms with Crippen molar-refractivity contribution in [3.63, 3.8) is 0 Å². The Morgan fingerprint density at radius 1 is 0.875 bits per heavy atom. The number of carbonyl (C=O) groups is 1. The lowest BCUT2D eigenvalue weighted by atomic mass is 9.80. The van der Waals surface area contributed by atoms with E-state index in [0.29, 0.717) is 16.7 Å². The molecule has 4 aromatic carbocycles. The molecule has 48 heavy (non-hydrogen) atoms. The Kier molecular flexibility index (Phi) is 8.88. The van der Waals surface area contributed by atoms with Crippen LogP contribution in [0.25, 0.3) is 11.2 Å². The van der Waals surface area contributed by atoms with E-state index < -0.39 is 29.4 Å². The van der Waals surface area contributed by atoms with Gasteiger partial charge in [0, 0.05) is 5.56 Å². The summed E-state index contributed by atoms with van der Waals surface area (Å²) in [7, 11) is 1.63. The monoisotopic (exact) mass is 661 g/mol. The van der Waals surface area contributed by atoms with Gasteiger partial charge < -0.3 is 24.6 Å². The van der Waals surface area contributed by atoms with Crippen molar-refractivity contribution in [2.75, 3.05) is 19.0 Å². The number of benzene rings is 4. The zero-order chi connectivity index (χ0) is 33.1.